The molecule has 1 aliphatic rings. The van der Waals surface area contributed by atoms with Crippen LogP contribution in [0, 0.1) is 5.82 Å². The van der Waals surface area contributed by atoms with E-state index in [2.05, 4.69) is 25.3 Å². The summed E-state index contributed by atoms with van der Waals surface area (Å²) in [7, 11) is 0. The molecule has 6 rings (SSSR count). The summed E-state index contributed by atoms with van der Waals surface area (Å²) in [5.74, 6) is -0.448. The Labute approximate surface area is 191 Å². The third kappa shape index (κ3) is 3.15. The van der Waals surface area contributed by atoms with Crippen LogP contribution < -0.4 is 0 Å². The lowest BCUT2D eigenvalue weighted by atomic mass is 10.1. The summed E-state index contributed by atoms with van der Waals surface area (Å²) in [6.07, 6.45) is 1.64. The number of H-pyrrole nitrogens is 1. The Kier molecular flexibility index (Phi) is 4.51. The lowest BCUT2D eigenvalue weighted by Gasteiger charge is -2.10. The number of hydrogen-bond acceptors (Lipinski definition) is 6. The van der Waals surface area contributed by atoms with Gasteiger partial charge in [0.05, 0.1) is 29.6 Å². The predicted molar refractivity (Wildman–Crippen MR) is 119 cm³/mol. The van der Waals surface area contributed by atoms with Crippen LogP contribution in [-0.4, -0.2) is 46.7 Å². The van der Waals surface area contributed by atoms with Crippen molar-refractivity contribution in [3.8, 4) is 11.5 Å². The van der Waals surface area contributed by atoms with Gasteiger partial charge in [0.15, 0.2) is 5.65 Å². The van der Waals surface area contributed by atoms with E-state index in [1.807, 2.05) is 6.07 Å². The summed E-state index contributed by atoms with van der Waals surface area (Å²) >= 11 is 0. The summed E-state index contributed by atoms with van der Waals surface area (Å²) in [6.45, 7) is 0.137. The monoisotopic (exact) mass is 453 g/mol. The molecule has 166 valence electrons. The predicted octanol–water partition coefficient (Wildman–Crippen LogP) is 3.20. The number of fused-ring (bicyclic) bond motifs is 2. The highest BCUT2D eigenvalue weighted by Crippen LogP contribution is 2.27. The van der Waals surface area contributed by atoms with Crippen LogP contribution in [0.2, 0.25) is 0 Å². The molecule has 4 heterocycles. The number of amides is 2. The molecule has 3 aromatic heterocycles. The summed E-state index contributed by atoms with van der Waals surface area (Å²) in [4.78, 5) is 35.3. The van der Waals surface area contributed by atoms with Gasteiger partial charge in [-0.25, -0.2) is 19.0 Å². The van der Waals surface area contributed by atoms with Crippen molar-refractivity contribution in [2.45, 2.75) is 13.1 Å². The van der Waals surface area contributed by atoms with Crippen LogP contribution in [0.5, 0.6) is 0 Å². The van der Waals surface area contributed by atoms with E-state index in [0.717, 1.165) is 4.90 Å². The minimum atomic E-state index is -0.373. The van der Waals surface area contributed by atoms with E-state index in [9.17, 15) is 14.0 Å². The second kappa shape index (κ2) is 7.69. The number of nitrogens with one attached hydrogen (secondary N) is 1. The Bertz CT molecular complexity index is 1550. The molecule has 0 radical (unpaired) electrons. The molecule has 10 heteroatoms. The Morgan fingerprint density at radius 3 is 2.38 bits per heavy atom. The number of carbonyl (C=O) groups is 2. The SMILES string of the molecule is O=C1c2ccccc2C(=O)N1Cc1nc(-c2nn(Cc3ccccc3F)c3ncccc23)n[nH]1. The van der Waals surface area contributed by atoms with E-state index in [1.165, 1.54) is 6.07 Å². The molecule has 0 bridgehead atoms. The van der Waals surface area contributed by atoms with Gasteiger partial charge in [-0.3, -0.25) is 19.6 Å². The standard InChI is InChI=1S/C24H16FN7O2/c25-18-10-4-1-6-14(18)12-32-22-17(9-5-11-26-22)20(30-32)21-27-19(28-29-21)13-31-23(33)15-7-2-3-8-16(15)24(31)34/h1-11H,12-13H2,(H,27,28,29). The maximum absolute atomic E-state index is 14.2. The van der Waals surface area contributed by atoms with E-state index in [4.69, 9.17) is 0 Å². The summed E-state index contributed by atoms with van der Waals surface area (Å²) in [6, 6.07) is 16.8. The molecular weight excluding hydrogens is 437 g/mol. The van der Waals surface area contributed by atoms with E-state index in [-0.39, 0.29) is 36.5 Å². The first-order valence-corrected chi connectivity index (χ1v) is 10.5. The van der Waals surface area contributed by atoms with Crippen molar-refractivity contribution >= 4 is 22.8 Å². The van der Waals surface area contributed by atoms with Crippen LogP contribution in [-0.2, 0) is 13.1 Å². The molecule has 0 aliphatic carbocycles. The minimum Gasteiger partial charge on any atom is -0.269 e. The number of aromatic amines is 1. The maximum Gasteiger partial charge on any atom is 0.261 e. The number of halogens is 1. The average Bonchev–Trinajstić information content (AvgIpc) is 3.53. The van der Waals surface area contributed by atoms with Crippen LogP contribution in [0.1, 0.15) is 32.1 Å². The molecule has 0 spiro atoms. The van der Waals surface area contributed by atoms with Crippen molar-refractivity contribution in [1.82, 2.24) is 34.8 Å². The number of hydrogen-bond donors (Lipinski definition) is 1. The second-order valence-corrected chi connectivity index (χ2v) is 7.82. The third-order valence-electron chi connectivity index (χ3n) is 5.71. The lowest BCUT2D eigenvalue weighted by molar-refractivity contribution is 0.0638. The number of imide groups is 1. The van der Waals surface area contributed by atoms with Crippen LogP contribution in [0.25, 0.3) is 22.6 Å². The van der Waals surface area contributed by atoms with Crippen molar-refractivity contribution in [3.05, 3.63) is 95.2 Å². The van der Waals surface area contributed by atoms with E-state index < -0.39 is 0 Å². The fourth-order valence-corrected chi connectivity index (χ4v) is 4.08. The molecule has 0 atom stereocenters. The van der Waals surface area contributed by atoms with Crippen molar-refractivity contribution in [1.29, 1.82) is 0 Å². The molecule has 9 nitrogen and oxygen atoms in total. The van der Waals surface area contributed by atoms with Gasteiger partial charge in [-0.1, -0.05) is 30.3 Å². The average molecular weight is 453 g/mol. The maximum atomic E-state index is 14.2. The fourth-order valence-electron chi connectivity index (χ4n) is 4.08. The Morgan fingerprint density at radius 1 is 0.882 bits per heavy atom. The van der Waals surface area contributed by atoms with Crippen LogP contribution in [0.4, 0.5) is 4.39 Å². The smallest absolute Gasteiger partial charge is 0.261 e. The van der Waals surface area contributed by atoms with E-state index >= 15 is 0 Å². The molecule has 5 aromatic rings. The van der Waals surface area contributed by atoms with Gasteiger partial charge in [-0.2, -0.15) is 10.2 Å². The van der Waals surface area contributed by atoms with Gasteiger partial charge in [0.1, 0.15) is 17.3 Å². The van der Waals surface area contributed by atoms with Gasteiger partial charge in [0.25, 0.3) is 11.8 Å². The van der Waals surface area contributed by atoms with Crippen LogP contribution in [0.3, 0.4) is 0 Å². The number of pyridine rings is 1. The first-order valence-electron chi connectivity index (χ1n) is 10.5. The normalized spacial score (nSPS) is 13.1. The number of aromatic nitrogens is 6. The first-order chi connectivity index (χ1) is 16.6. The number of carbonyl (C=O) groups excluding carboxylic acids is 2. The molecule has 0 saturated carbocycles. The van der Waals surface area contributed by atoms with Crippen molar-refractivity contribution < 1.29 is 14.0 Å². The summed E-state index contributed by atoms with van der Waals surface area (Å²) in [5, 5.41) is 12.3. The molecule has 1 N–H and O–H groups in total. The highest BCUT2D eigenvalue weighted by Gasteiger charge is 2.35. The molecule has 0 unspecified atom stereocenters. The third-order valence-corrected chi connectivity index (χ3v) is 5.71. The molecule has 0 fully saturated rings. The Balaban J connectivity index is 1.32. The molecule has 34 heavy (non-hydrogen) atoms. The van der Waals surface area contributed by atoms with E-state index in [1.54, 1.807) is 59.4 Å². The number of benzene rings is 2. The van der Waals surface area contributed by atoms with Gasteiger partial charge in [0, 0.05) is 11.8 Å². The zero-order valence-electron chi connectivity index (χ0n) is 17.6. The van der Waals surface area contributed by atoms with Crippen molar-refractivity contribution in [2.24, 2.45) is 0 Å². The number of nitrogens with zero attached hydrogens (tertiary/aromatic N) is 6. The van der Waals surface area contributed by atoms with Crippen LogP contribution in [0.15, 0.2) is 66.9 Å². The zero-order valence-corrected chi connectivity index (χ0v) is 17.6. The summed E-state index contributed by atoms with van der Waals surface area (Å²) in [5.41, 5.74) is 2.24. The molecule has 2 amide bonds. The highest BCUT2D eigenvalue weighted by atomic mass is 19.1. The molecule has 1 aliphatic heterocycles. The molecule has 2 aromatic carbocycles. The van der Waals surface area contributed by atoms with Crippen LogP contribution >= 0.6 is 0 Å². The lowest BCUT2D eigenvalue weighted by Crippen LogP contribution is -2.29. The van der Waals surface area contributed by atoms with Gasteiger partial charge in [-0.15, -0.1) is 0 Å². The molecule has 0 saturated heterocycles. The zero-order chi connectivity index (χ0) is 23.2. The largest absolute Gasteiger partial charge is 0.269 e. The van der Waals surface area contributed by atoms with Gasteiger partial charge >= 0.3 is 0 Å². The van der Waals surface area contributed by atoms with Crippen molar-refractivity contribution in [3.63, 3.8) is 0 Å². The minimum absolute atomic E-state index is 0.0501. The van der Waals surface area contributed by atoms with Crippen molar-refractivity contribution in [2.75, 3.05) is 0 Å². The Hall–Kier alpha value is -4.73. The van der Waals surface area contributed by atoms with Gasteiger partial charge < -0.3 is 0 Å². The van der Waals surface area contributed by atoms with E-state index in [0.29, 0.717) is 39.2 Å². The highest BCUT2D eigenvalue weighted by molar-refractivity contribution is 6.21. The van der Waals surface area contributed by atoms with Gasteiger partial charge in [-0.05, 0) is 30.3 Å². The summed E-state index contributed by atoms with van der Waals surface area (Å²) < 4.78 is 15.8. The topological polar surface area (TPSA) is 110 Å². The Morgan fingerprint density at radius 2 is 1.62 bits per heavy atom. The molecular formula is C24H16FN7O2. The fraction of sp³-hybridized carbons (Fsp3) is 0.0833. The first kappa shape index (κ1) is 19.9. The van der Waals surface area contributed by atoms with Gasteiger partial charge in [0.2, 0.25) is 5.82 Å². The quantitative estimate of drug-likeness (QED) is 0.409. The number of rotatable bonds is 5. The second-order valence-electron chi connectivity index (χ2n) is 7.82.